The van der Waals surface area contributed by atoms with Crippen LogP contribution in [-0.2, 0) is 9.53 Å². The van der Waals surface area contributed by atoms with Crippen LogP contribution in [0.2, 0.25) is 0 Å². The van der Waals surface area contributed by atoms with Gasteiger partial charge in [-0.3, -0.25) is 4.79 Å². The normalized spacial score (nSPS) is 17.1. The molecule has 0 unspecified atom stereocenters. The highest BCUT2D eigenvalue weighted by Crippen LogP contribution is 2.08. The number of piperidine rings is 1. The molecule has 0 aromatic heterocycles. The summed E-state index contributed by atoms with van der Waals surface area (Å²) in [7, 11) is 0. The minimum Gasteiger partial charge on any atom is -0.378 e. The summed E-state index contributed by atoms with van der Waals surface area (Å²) in [6, 6.07) is 0. The molecule has 18 heavy (non-hydrogen) atoms. The van der Waals surface area contributed by atoms with Crippen LogP contribution < -0.4 is 5.32 Å². The zero-order valence-corrected chi connectivity index (χ0v) is 12.1. The molecule has 0 aliphatic carbocycles. The number of carbonyl (C=O) groups is 1. The first kappa shape index (κ1) is 15.4. The lowest BCUT2D eigenvalue weighted by molar-refractivity contribution is -0.133. The van der Waals surface area contributed by atoms with Gasteiger partial charge in [0, 0.05) is 13.1 Å². The molecule has 0 spiro atoms. The van der Waals surface area contributed by atoms with E-state index in [0.717, 1.165) is 39.0 Å². The van der Waals surface area contributed by atoms with Gasteiger partial charge in [-0.1, -0.05) is 13.8 Å². The molecule has 4 nitrogen and oxygen atoms in total. The van der Waals surface area contributed by atoms with Crippen molar-refractivity contribution in [3.8, 4) is 0 Å². The maximum atomic E-state index is 12.0. The summed E-state index contributed by atoms with van der Waals surface area (Å²) in [5.74, 6) is 0.749. The van der Waals surface area contributed by atoms with Crippen molar-refractivity contribution in [2.75, 3.05) is 32.8 Å². The monoisotopic (exact) mass is 256 g/mol. The number of nitrogens with one attached hydrogen (secondary N) is 1. The number of rotatable bonds is 7. The molecule has 1 amide bonds. The minimum atomic E-state index is 0.222. The smallest absolute Gasteiger partial charge is 0.224 e. The molecule has 4 heteroatoms. The van der Waals surface area contributed by atoms with Gasteiger partial charge in [0.1, 0.15) is 0 Å². The average Bonchev–Trinajstić information content (AvgIpc) is 2.36. The Hall–Kier alpha value is -0.610. The summed E-state index contributed by atoms with van der Waals surface area (Å²) in [4.78, 5) is 13.9. The van der Waals surface area contributed by atoms with Crippen LogP contribution in [0.15, 0.2) is 0 Å². The van der Waals surface area contributed by atoms with Crippen LogP contribution >= 0.6 is 0 Å². The molecule has 106 valence electrons. The van der Waals surface area contributed by atoms with Crippen LogP contribution in [0.1, 0.15) is 40.0 Å². The summed E-state index contributed by atoms with van der Waals surface area (Å²) in [6.45, 7) is 10.6. The van der Waals surface area contributed by atoms with Crippen LogP contribution in [0.3, 0.4) is 0 Å². The molecule has 1 rings (SSSR count). The van der Waals surface area contributed by atoms with E-state index in [1.807, 2.05) is 11.8 Å². The first-order chi connectivity index (χ1) is 8.63. The molecule has 1 aliphatic heterocycles. The Kier molecular flexibility index (Phi) is 7.28. The zero-order valence-electron chi connectivity index (χ0n) is 12.1. The lowest BCUT2D eigenvalue weighted by Gasteiger charge is -2.25. The quantitative estimate of drug-likeness (QED) is 0.753. The van der Waals surface area contributed by atoms with Gasteiger partial charge in [-0.15, -0.1) is 0 Å². The van der Waals surface area contributed by atoms with E-state index >= 15 is 0 Å². The van der Waals surface area contributed by atoms with Crippen molar-refractivity contribution in [2.24, 2.45) is 5.92 Å². The fraction of sp³-hybridized carbons (Fsp3) is 0.929. The average molecular weight is 256 g/mol. The first-order valence-corrected chi connectivity index (χ1v) is 7.23. The lowest BCUT2D eigenvalue weighted by atomic mass is 10.1. The van der Waals surface area contributed by atoms with Gasteiger partial charge in [0.15, 0.2) is 0 Å². The Bertz CT molecular complexity index is 238. The van der Waals surface area contributed by atoms with Gasteiger partial charge in [0.2, 0.25) is 5.91 Å². The molecule has 1 N–H and O–H groups in total. The van der Waals surface area contributed by atoms with Crippen molar-refractivity contribution in [1.82, 2.24) is 10.2 Å². The SMILES string of the molecule is CCN(CC(C)C)C(=O)CCOC1CCNCC1. The van der Waals surface area contributed by atoms with Gasteiger partial charge in [-0.2, -0.15) is 0 Å². The lowest BCUT2D eigenvalue weighted by Crippen LogP contribution is -2.36. The molecule has 1 saturated heterocycles. The molecule has 0 radical (unpaired) electrons. The first-order valence-electron chi connectivity index (χ1n) is 7.23. The van der Waals surface area contributed by atoms with Gasteiger partial charge in [0.05, 0.1) is 19.1 Å². The third-order valence-corrected chi connectivity index (χ3v) is 3.28. The predicted octanol–water partition coefficient (Wildman–Crippen LogP) is 1.65. The third kappa shape index (κ3) is 5.83. The number of nitrogens with zero attached hydrogens (tertiary/aromatic N) is 1. The molecule has 0 aromatic rings. The number of hydrogen-bond acceptors (Lipinski definition) is 3. The van der Waals surface area contributed by atoms with E-state index in [0.29, 0.717) is 25.0 Å². The standard InChI is InChI=1S/C14H28N2O2/c1-4-16(11-12(2)3)14(17)7-10-18-13-5-8-15-9-6-13/h12-13,15H,4-11H2,1-3H3. The summed E-state index contributed by atoms with van der Waals surface area (Å²) in [5, 5.41) is 3.31. The van der Waals surface area contributed by atoms with Gasteiger partial charge in [-0.25, -0.2) is 0 Å². The molecule has 0 saturated carbocycles. The Labute approximate surface area is 111 Å². The summed E-state index contributed by atoms with van der Waals surface area (Å²) < 4.78 is 5.77. The van der Waals surface area contributed by atoms with Crippen LogP contribution in [0.5, 0.6) is 0 Å². The van der Waals surface area contributed by atoms with Gasteiger partial charge in [0.25, 0.3) is 0 Å². The van der Waals surface area contributed by atoms with Crippen molar-refractivity contribution in [1.29, 1.82) is 0 Å². The van der Waals surface area contributed by atoms with Gasteiger partial charge < -0.3 is 15.0 Å². The number of amides is 1. The predicted molar refractivity (Wildman–Crippen MR) is 73.6 cm³/mol. The van der Waals surface area contributed by atoms with E-state index in [9.17, 15) is 4.79 Å². The highest BCUT2D eigenvalue weighted by molar-refractivity contribution is 5.76. The molecule has 0 aromatic carbocycles. The Morgan fingerprint density at radius 1 is 1.39 bits per heavy atom. The molecule has 1 heterocycles. The fourth-order valence-corrected chi connectivity index (χ4v) is 2.28. The van der Waals surface area contributed by atoms with Crippen LogP contribution in [0, 0.1) is 5.92 Å². The fourth-order valence-electron chi connectivity index (χ4n) is 2.28. The topological polar surface area (TPSA) is 41.6 Å². The van der Waals surface area contributed by atoms with E-state index in [1.165, 1.54) is 0 Å². The van der Waals surface area contributed by atoms with Crippen molar-refractivity contribution >= 4 is 5.91 Å². The van der Waals surface area contributed by atoms with Crippen molar-refractivity contribution in [3.05, 3.63) is 0 Å². The van der Waals surface area contributed by atoms with E-state index in [1.54, 1.807) is 0 Å². The van der Waals surface area contributed by atoms with Gasteiger partial charge in [-0.05, 0) is 38.8 Å². The molecule has 1 fully saturated rings. The van der Waals surface area contributed by atoms with Crippen molar-refractivity contribution in [3.63, 3.8) is 0 Å². The maximum Gasteiger partial charge on any atom is 0.224 e. The van der Waals surface area contributed by atoms with Crippen molar-refractivity contribution < 1.29 is 9.53 Å². The number of ether oxygens (including phenoxy) is 1. The van der Waals surface area contributed by atoms with Crippen LogP contribution in [0.25, 0.3) is 0 Å². The Morgan fingerprint density at radius 2 is 2.06 bits per heavy atom. The molecular weight excluding hydrogens is 228 g/mol. The summed E-state index contributed by atoms with van der Waals surface area (Å²) in [6.07, 6.45) is 3.00. The highest BCUT2D eigenvalue weighted by Gasteiger charge is 2.16. The van der Waals surface area contributed by atoms with Crippen LogP contribution in [0.4, 0.5) is 0 Å². The van der Waals surface area contributed by atoms with Crippen LogP contribution in [-0.4, -0.2) is 49.7 Å². The molecule has 1 aliphatic rings. The second-order valence-corrected chi connectivity index (χ2v) is 5.40. The van der Waals surface area contributed by atoms with Gasteiger partial charge >= 0.3 is 0 Å². The largest absolute Gasteiger partial charge is 0.378 e. The zero-order chi connectivity index (χ0) is 13.4. The Balaban J connectivity index is 2.18. The third-order valence-electron chi connectivity index (χ3n) is 3.28. The number of carbonyl (C=O) groups excluding carboxylic acids is 1. The summed E-state index contributed by atoms with van der Waals surface area (Å²) >= 11 is 0. The molecule has 0 bridgehead atoms. The van der Waals surface area contributed by atoms with E-state index < -0.39 is 0 Å². The molecular formula is C14H28N2O2. The van der Waals surface area contributed by atoms with E-state index in [-0.39, 0.29) is 5.91 Å². The minimum absolute atomic E-state index is 0.222. The maximum absolute atomic E-state index is 12.0. The molecule has 0 atom stereocenters. The second kappa shape index (κ2) is 8.48. The Morgan fingerprint density at radius 3 is 2.61 bits per heavy atom. The van der Waals surface area contributed by atoms with E-state index in [2.05, 4.69) is 19.2 Å². The van der Waals surface area contributed by atoms with Crippen molar-refractivity contribution in [2.45, 2.75) is 46.1 Å². The number of hydrogen-bond donors (Lipinski definition) is 1. The second-order valence-electron chi connectivity index (χ2n) is 5.40. The van der Waals surface area contributed by atoms with E-state index in [4.69, 9.17) is 4.74 Å². The summed E-state index contributed by atoms with van der Waals surface area (Å²) in [5.41, 5.74) is 0. The highest BCUT2D eigenvalue weighted by atomic mass is 16.5.